The number of carbonyl (C=O) groups is 3. The molecule has 9 heteroatoms. The Hall–Kier alpha value is -4.53. The van der Waals surface area contributed by atoms with Crippen molar-refractivity contribution >= 4 is 29.1 Å². The van der Waals surface area contributed by atoms with Crippen LogP contribution in [0.2, 0.25) is 0 Å². The number of hydrogen-bond acceptors (Lipinski definition) is 6. The predicted octanol–water partition coefficient (Wildman–Crippen LogP) is 6.26. The Morgan fingerprint density at radius 3 is 2.18 bits per heavy atom. The Balaban J connectivity index is 1.49. The first-order chi connectivity index (χ1) is 21.6. The van der Waals surface area contributed by atoms with Gasteiger partial charge in [-0.05, 0) is 91.3 Å². The minimum absolute atomic E-state index is 0.0268. The Morgan fingerprint density at radius 1 is 0.844 bits per heavy atom. The van der Waals surface area contributed by atoms with Gasteiger partial charge in [0.2, 0.25) is 11.8 Å². The van der Waals surface area contributed by atoms with Gasteiger partial charge in [0.05, 0.1) is 33.3 Å². The number of methoxy groups -OCH3 is 3. The van der Waals surface area contributed by atoms with Gasteiger partial charge < -0.3 is 29.3 Å². The van der Waals surface area contributed by atoms with Gasteiger partial charge in [-0.2, -0.15) is 0 Å². The summed E-state index contributed by atoms with van der Waals surface area (Å²) < 4.78 is 16.4. The largest absolute Gasteiger partial charge is 0.497 e. The summed E-state index contributed by atoms with van der Waals surface area (Å²) in [6, 6.07) is 17.6. The second kappa shape index (κ2) is 13.6. The molecule has 45 heavy (non-hydrogen) atoms. The summed E-state index contributed by atoms with van der Waals surface area (Å²) in [6.45, 7) is 7.71. The lowest BCUT2D eigenvalue weighted by molar-refractivity contribution is -0.126. The van der Waals surface area contributed by atoms with Crippen LogP contribution in [0.15, 0.2) is 60.7 Å². The quantitative estimate of drug-likeness (QED) is 0.322. The molecule has 9 nitrogen and oxygen atoms in total. The van der Waals surface area contributed by atoms with Crippen LogP contribution < -0.4 is 24.4 Å². The summed E-state index contributed by atoms with van der Waals surface area (Å²) in [5.74, 6) is 1.67. The topological polar surface area (TPSA) is 97.4 Å². The predicted molar refractivity (Wildman–Crippen MR) is 174 cm³/mol. The lowest BCUT2D eigenvalue weighted by atomic mass is 9.83. The third-order valence-electron chi connectivity index (χ3n) is 8.93. The van der Waals surface area contributed by atoms with E-state index in [9.17, 15) is 14.4 Å². The Kier molecular flexibility index (Phi) is 9.65. The third-order valence-corrected chi connectivity index (χ3v) is 8.93. The molecule has 2 aliphatic heterocycles. The second-order valence-corrected chi connectivity index (χ2v) is 12.3. The summed E-state index contributed by atoms with van der Waals surface area (Å²) in [5.41, 5.74) is 3.38. The molecule has 0 radical (unpaired) electrons. The fourth-order valence-electron chi connectivity index (χ4n) is 6.76. The van der Waals surface area contributed by atoms with Gasteiger partial charge >= 0.3 is 0 Å². The number of benzene rings is 3. The van der Waals surface area contributed by atoms with Crippen molar-refractivity contribution in [2.45, 2.75) is 46.1 Å². The van der Waals surface area contributed by atoms with Crippen LogP contribution in [0, 0.1) is 24.7 Å². The third kappa shape index (κ3) is 6.77. The molecule has 4 atom stereocenters. The highest BCUT2D eigenvalue weighted by Crippen LogP contribution is 2.43. The van der Waals surface area contributed by atoms with Gasteiger partial charge in [-0.15, -0.1) is 0 Å². The van der Waals surface area contributed by atoms with Crippen molar-refractivity contribution in [1.82, 2.24) is 4.90 Å². The zero-order chi connectivity index (χ0) is 32.2. The summed E-state index contributed by atoms with van der Waals surface area (Å²) >= 11 is 0. The number of nitrogens with one attached hydrogen (secondary N) is 1. The summed E-state index contributed by atoms with van der Waals surface area (Å²) in [5, 5.41) is 3.13. The van der Waals surface area contributed by atoms with Crippen molar-refractivity contribution in [3.05, 3.63) is 77.4 Å². The van der Waals surface area contributed by atoms with Gasteiger partial charge in [-0.3, -0.25) is 14.4 Å². The van der Waals surface area contributed by atoms with Gasteiger partial charge in [-0.1, -0.05) is 26.0 Å². The Bertz CT molecular complexity index is 1540. The molecule has 0 aromatic heterocycles. The highest BCUT2D eigenvalue weighted by molar-refractivity contribution is 6.02. The van der Waals surface area contributed by atoms with Gasteiger partial charge in [-0.25, -0.2) is 0 Å². The van der Waals surface area contributed by atoms with Gasteiger partial charge in [0.1, 0.15) is 5.75 Å². The Labute approximate surface area is 265 Å². The molecule has 0 bridgehead atoms. The van der Waals surface area contributed by atoms with Crippen LogP contribution in [0.1, 0.15) is 60.6 Å². The van der Waals surface area contributed by atoms with Crippen molar-refractivity contribution in [2.75, 3.05) is 44.6 Å². The first-order valence-electron chi connectivity index (χ1n) is 15.5. The van der Waals surface area contributed by atoms with E-state index in [2.05, 4.69) is 19.2 Å². The molecule has 2 fully saturated rings. The lowest BCUT2D eigenvalue weighted by Crippen LogP contribution is -2.47. The molecule has 1 N–H and O–H groups in total. The molecule has 4 unspecified atom stereocenters. The average Bonchev–Trinajstić information content (AvgIpc) is 3.04. The smallest absolute Gasteiger partial charge is 0.253 e. The number of likely N-dealkylation sites (tertiary alicyclic amines) is 1. The van der Waals surface area contributed by atoms with E-state index < -0.39 is 12.0 Å². The van der Waals surface area contributed by atoms with Crippen molar-refractivity contribution < 1.29 is 28.6 Å². The molecule has 0 saturated carbocycles. The second-order valence-electron chi connectivity index (χ2n) is 12.3. The van der Waals surface area contributed by atoms with E-state index in [-0.39, 0.29) is 24.1 Å². The van der Waals surface area contributed by atoms with Gasteiger partial charge in [0.15, 0.2) is 11.5 Å². The number of anilines is 2. The first-order valence-corrected chi connectivity index (χ1v) is 15.5. The number of carbonyl (C=O) groups excluding carboxylic acids is 3. The Morgan fingerprint density at radius 2 is 1.53 bits per heavy atom. The highest BCUT2D eigenvalue weighted by Gasteiger charge is 2.42. The normalized spacial score (nSPS) is 21.7. The van der Waals surface area contributed by atoms with Crippen LogP contribution in [0.3, 0.4) is 0 Å². The summed E-state index contributed by atoms with van der Waals surface area (Å²) in [6.07, 6.45) is 1.67. The van der Waals surface area contributed by atoms with Crippen molar-refractivity contribution in [3.63, 3.8) is 0 Å². The molecule has 5 rings (SSSR count). The van der Waals surface area contributed by atoms with Crippen LogP contribution in [-0.2, 0) is 9.59 Å². The fraction of sp³-hybridized carbons (Fsp3) is 0.417. The minimum atomic E-state index is -0.624. The van der Waals surface area contributed by atoms with E-state index in [4.69, 9.17) is 14.2 Å². The zero-order valence-corrected chi connectivity index (χ0v) is 27.0. The summed E-state index contributed by atoms with van der Waals surface area (Å²) in [7, 11) is 4.71. The van der Waals surface area contributed by atoms with E-state index in [1.807, 2.05) is 48.2 Å². The van der Waals surface area contributed by atoms with Crippen LogP contribution >= 0.6 is 0 Å². The fourth-order valence-corrected chi connectivity index (χ4v) is 6.76. The number of rotatable bonds is 8. The van der Waals surface area contributed by atoms with Crippen molar-refractivity contribution in [3.8, 4) is 17.2 Å². The van der Waals surface area contributed by atoms with Crippen LogP contribution in [-0.4, -0.2) is 57.0 Å². The molecule has 2 saturated heterocycles. The lowest BCUT2D eigenvalue weighted by Gasteiger charge is -2.41. The van der Waals surface area contributed by atoms with E-state index in [0.29, 0.717) is 52.4 Å². The molecule has 0 aliphatic carbocycles. The van der Waals surface area contributed by atoms with Gasteiger partial charge in [0.25, 0.3) is 5.91 Å². The number of hydrogen-bond donors (Lipinski definition) is 1. The van der Waals surface area contributed by atoms with Crippen molar-refractivity contribution in [2.24, 2.45) is 17.8 Å². The monoisotopic (exact) mass is 613 g/mol. The van der Waals surface area contributed by atoms with Crippen LogP contribution in [0.5, 0.6) is 17.2 Å². The summed E-state index contributed by atoms with van der Waals surface area (Å²) in [4.78, 5) is 44.9. The highest BCUT2D eigenvalue weighted by atomic mass is 16.5. The molecule has 3 aromatic carbocycles. The molecule has 0 spiro atoms. The molecule has 2 heterocycles. The van der Waals surface area contributed by atoms with E-state index >= 15 is 0 Å². The number of amides is 3. The van der Waals surface area contributed by atoms with Crippen LogP contribution in [0.25, 0.3) is 0 Å². The first kappa shape index (κ1) is 31.9. The standard InChI is InChI=1S/C36H43N3O6/c1-22-17-23(2)21-38(20-22)36(42)26-8-7-24(3)30(18-26)37-35(41)29-14-16-33(40)39(27-10-12-28(43-4)13-11-27)34(29)25-9-15-31(44-5)32(19-25)45-6/h7-13,15,18-19,22-23,29,34H,14,16-17,20-21H2,1-6H3,(H,37,41). The van der Waals surface area contributed by atoms with Crippen LogP contribution in [0.4, 0.5) is 11.4 Å². The van der Waals surface area contributed by atoms with Crippen molar-refractivity contribution in [1.29, 1.82) is 0 Å². The molecular formula is C36H43N3O6. The minimum Gasteiger partial charge on any atom is -0.497 e. The maximum Gasteiger partial charge on any atom is 0.253 e. The number of nitrogens with zero attached hydrogens (tertiary/aromatic N) is 2. The maximum atomic E-state index is 14.2. The molecule has 2 aliphatic rings. The molecule has 3 amide bonds. The average molecular weight is 614 g/mol. The molecule has 3 aromatic rings. The van der Waals surface area contributed by atoms with E-state index in [0.717, 1.165) is 30.6 Å². The van der Waals surface area contributed by atoms with E-state index in [1.54, 1.807) is 50.5 Å². The number of aryl methyl sites for hydroxylation is 1. The molecular weight excluding hydrogens is 570 g/mol. The number of piperidine rings is 2. The SMILES string of the molecule is COc1ccc(N2C(=O)CCC(C(=O)Nc3cc(C(=O)N4CC(C)CC(C)C4)ccc3C)C2c2ccc(OC)c(OC)c2)cc1. The number of ether oxygens (including phenoxy) is 3. The maximum absolute atomic E-state index is 14.2. The zero-order valence-electron chi connectivity index (χ0n) is 27.0. The van der Waals surface area contributed by atoms with Gasteiger partial charge in [0, 0.05) is 36.4 Å². The molecule has 238 valence electrons. The van der Waals surface area contributed by atoms with E-state index in [1.165, 1.54) is 0 Å².